The normalized spacial score (nSPS) is 17.8. The van der Waals surface area contributed by atoms with Gasteiger partial charge in [0.2, 0.25) is 10.0 Å². The molecule has 6 nitrogen and oxygen atoms in total. The van der Waals surface area contributed by atoms with Gasteiger partial charge in [-0.25, -0.2) is 13.6 Å². The maximum absolute atomic E-state index is 12.1. The lowest BCUT2D eigenvalue weighted by atomic mass is 9.80. The van der Waals surface area contributed by atoms with Gasteiger partial charge in [-0.2, -0.15) is 0 Å². The Morgan fingerprint density at radius 1 is 1.53 bits per heavy atom. The second kappa shape index (κ2) is 4.97. The first-order valence-corrected chi connectivity index (χ1v) is 7.83. The average Bonchev–Trinajstić information content (AvgIpc) is 2.56. The largest absolute Gasteiger partial charge is 0.348 e. The fourth-order valence-electron chi connectivity index (χ4n) is 2.25. The zero-order valence-corrected chi connectivity index (χ0v) is 11.9. The van der Waals surface area contributed by atoms with Crippen molar-refractivity contribution in [2.24, 2.45) is 18.1 Å². The van der Waals surface area contributed by atoms with Crippen molar-refractivity contribution in [3.63, 3.8) is 0 Å². The topological polar surface area (TPSA) is 94.2 Å². The van der Waals surface area contributed by atoms with Gasteiger partial charge in [0.25, 0.3) is 5.91 Å². The molecule has 19 heavy (non-hydrogen) atoms. The molecule has 1 unspecified atom stereocenters. The van der Waals surface area contributed by atoms with E-state index in [-0.39, 0.29) is 16.8 Å². The van der Waals surface area contributed by atoms with Crippen LogP contribution in [0.2, 0.25) is 0 Å². The number of nitrogens with two attached hydrogens (primary N) is 1. The van der Waals surface area contributed by atoms with Crippen LogP contribution in [0.4, 0.5) is 0 Å². The number of aromatic nitrogens is 1. The maximum Gasteiger partial charge on any atom is 0.268 e. The van der Waals surface area contributed by atoms with Crippen LogP contribution in [0.3, 0.4) is 0 Å². The minimum absolute atomic E-state index is 0.0450. The molecule has 1 aliphatic rings. The molecule has 1 amide bonds. The van der Waals surface area contributed by atoms with Crippen LogP contribution in [-0.4, -0.2) is 24.9 Å². The van der Waals surface area contributed by atoms with Gasteiger partial charge in [-0.15, -0.1) is 0 Å². The minimum atomic E-state index is -3.78. The minimum Gasteiger partial charge on any atom is -0.348 e. The van der Waals surface area contributed by atoms with E-state index in [2.05, 4.69) is 5.32 Å². The summed E-state index contributed by atoms with van der Waals surface area (Å²) in [5.41, 5.74) is 0.301. The molecule has 1 aromatic heterocycles. The quantitative estimate of drug-likeness (QED) is 0.847. The Kier molecular flexibility index (Phi) is 3.69. The van der Waals surface area contributed by atoms with E-state index in [9.17, 15) is 13.2 Å². The number of carbonyl (C=O) groups is 1. The number of primary sulfonamides is 1. The summed E-state index contributed by atoms with van der Waals surface area (Å²) in [6.07, 6.45) is 4.83. The van der Waals surface area contributed by atoms with E-state index in [1.54, 1.807) is 7.05 Å². The Morgan fingerprint density at radius 3 is 2.58 bits per heavy atom. The maximum atomic E-state index is 12.1. The van der Waals surface area contributed by atoms with Gasteiger partial charge in [-0.3, -0.25) is 4.79 Å². The summed E-state index contributed by atoms with van der Waals surface area (Å²) in [6, 6.07) is 1.41. The molecule has 1 atom stereocenters. The number of nitrogens with zero attached hydrogens (tertiary/aromatic N) is 1. The third-order valence-electron chi connectivity index (χ3n) is 3.76. The first-order valence-electron chi connectivity index (χ1n) is 6.29. The third-order valence-corrected chi connectivity index (χ3v) is 4.64. The van der Waals surface area contributed by atoms with Gasteiger partial charge in [-0.05, 0) is 31.7 Å². The zero-order valence-electron chi connectivity index (χ0n) is 11.1. The van der Waals surface area contributed by atoms with Crippen LogP contribution in [0.25, 0.3) is 0 Å². The van der Waals surface area contributed by atoms with Crippen molar-refractivity contribution in [1.29, 1.82) is 0 Å². The molecular formula is C12H19N3O3S. The van der Waals surface area contributed by atoms with Crippen molar-refractivity contribution < 1.29 is 13.2 Å². The highest BCUT2D eigenvalue weighted by atomic mass is 32.2. The van der Waals surface area contributed by atoms with Crippen LogP contribution < -0.4 is 10.5 Å². The molecule has 1 aromatic rings. The highest BCUT2D eigenvalue weighted by molar-refractivity contribution is 7.89. The van der Waals surface area contributed by atoms with Gasteiger partial charge in [0.1, 0.15) is 10.6 Å². The SMILES string of the molecule is CC(NC(=O)c1cc(S(N)(=O)=O)cn1C)C1CCC1. The summed E-state index contributed by atoms with van der Waals surface area (Å²) in [5.74, 6) is 0.263. The van der Waals surface area contributed by atoms with E-state index in [4.69, 9.17) is 5.14 Å². The van der Waals surface area contributed by atoms with Crippen LogP contribution in [-0.2, 0) is 17.1 Å². The molecule has 106 valence electrons. The molecule has 1 aliphatic carbocycles. The number of sulfonamides is 1. The van der Waals surface area contributed by atoms with Crippen LogP contribution in [0.15, 0.2) is 17.2 Å². The van der Waals surface area contributed by atoms with E-state index in [0.29, 0.717) is 11.6 Å². The van der Waals surface area contributed by atoms with E-state index in [1.165, 1.54) is 23.3 Å². The molecule has 0 bridgehead atoms. The first kappa shape index (κ1) is 14.1. The van der Waals surface area contributed by atoms with E-state index >= 15 is 0 Å². The summed E-state index contributed by atoms with van der Waals surface area (Å²) in [5, 5.41) is 7.95. The van der Waals surface area contributed by atoms with Gasteiger partial charge >= 0.3 is 0 Å². The van der Waals surface area contributed by atoms with Gasteiger partial charge in [-0.1, -0.05) is 6.42 Å². The summed E-state index contributed by atoms with van der Waals surface area (Å²) >= 11 is 0. The van der Waals surface area contributed by atoms with Crippen molar-refractivity contribution in [3.8, 4) is 0 Å². The number of amides is 1. The fourth-order valence-corrected chi connectivity index (χ4v) is 2.83. The number of carbonyl (C=O) groups excluding carboxylic acids is 1. The lowest BCUT2D eigenvalue weighted by Gasteiger charge is -2.31. The number of rotatable bonds is 4. The van der Waals surface area contributed by atoms with Gasteiger partial charge in [0.15, 0.2) is 0 Å². The molecule has 3 N–H and O–H groups in total. The number of hydrogen-bond donors (Lipinski definition) is 2. The Labute approximate surface area is 113 Å². The van der Waals surface area contributed by atoms with Crippen LogP contribution in [0.1, 0.15) is 36.7 Å². The molecule has 7 heteroatoms. The van der Waals surface area contributed by atoms with Gasteiger partial charge in [0.05, 0.1) is 0 Å². The summed E-state index contributed by atoms with van der Waals surface area (Å²) in [7, 11) is -2.15. The van der Waals surface area contributed by atoms with E-state index < -0.39 is 10.0 Å². The number of aryl methyl sites for hydroxylation is 1. The Balaban J connectivity index is 2.12. The predicted octanol–water partition coefficient (Wildman–Crippen LogP) is 0.591. The average molecular weight is 285 g/mol. The second-order valence-electron chi connectivity index (χ2n) is 5.17. The van der Waals surface area contributed by atoms with Crippen molar-refractivity contribution >= 4 is 15.9 Å². The molecular weight excluding hydrogens is 266 g/mol. The van der Waals surface area contributed by atoms with Gasteiger partial charge in [0, 0.05) is 19.3 Å². The fraction of sp³-hybridized carbons (Fsp3) is 0.583. The van der Waals surface area contributed by atoms with Crippen molar-refractivity contribution in [1.82, 2.24) is 9.88 Å². The molecule has 1 fully saturated rings. The van der Waals surface area contributed by atoms with Crippen LogP contribution in [0.5, 0.6) is 0 Å². The van der Waals surface area contributed by atoms with Crippen molar-refractivity contribution in [2.75, 3.05) is 0 Å². The Morgan fingerprint density at radius 2 is 2.16 bits per heavy atom. The highest BCUT2D eigenvalue weighted by Gasteiger charge is 2.26. The van der Waals surface area contributed by atoms with Gasteiger partial charge < -0.3 is 9.88 Å². The summed E-state index contributed by atoms with van der Waals surface area (Å²) in [6.45, 7) is 1.98. The molecule has 0 saturated heterocycles. The first-order chi connectivity index (χ1) is 8.79. The lowest BCUT2D eigenvalue weighted by molar-refractivity contribution is 0.0901. The molecule has 0 aromatic carbocycles. The Bertz CT molecular complexity index is 587. The lowest BCUT2D eigenvalue weighted by Crippen LogP contribution is -2.41. The van der Waals surface area contributed by atoms with Crippen molar-refractivity contribution in [3.05, 3.63) is 18.0 Å². The van der Waals surface area contributed by atoms with E-state index in [1.807, 2.05) is 6.92 Å². The zero-order chi connectivity index (χ0) is 14.2. The smallest absolute Gasteiger partial charge is 0.268 e. The third kappa shape index (κ3) is 2.98. The second-order valence-corrected chi connectivity index (χ2v) is 6.73. The monoisotopic (exact) mass is 285 g/mol. The molecule has 0 aliphatic heterocycles. The van der Waals surface area contributed by atoms with Crippen LogP contribution in [0, 0.1) is 5.92 Å². The standard InChI is InChI=1S/C12H19N3O3S/c1-8(9-4-3-5-9)14-12(16)11-6-10(7-15(11)2)19(13,17)18/h6-9H,3-5H2,1-2H3,(H,14,16)(H2,13,17,18). The molecule has 0 spiro atoms. The summed E-state index contributed by atoms with van der Waals surface area (Å²) < 4.78 is 24.0. The molecule has 1 saturated carbocycles. The Hall–Kier alpha value is -1.34. The predicted molar refractivity (Wildman–Crippen MR) is 71.1 cm³/mol. The highest BCUT2D eigenvalue weighted by Crippen LogP contribution is 2.29. The van der Waals surface area contributed by atoms with Crippen LogP contribution >= 0.6 is 0 Å². The summed E-state index contributed by atoms with van der Waals surface area (Å²) in [4.78, 5) is 12.0. The molecule has 2 rings (SSSR count). The van der Waals surface area contributed by atoms with E-state index in [0.717, 1.165) is 12.8 Å². The number of nitrogens with one attached hydrogen (secondary N) is 1. The number of hydrogen-bond acceptors (Lipinski definition) is 3. The molecule has 1 heterocycles. The molecule has 0 radical (unpaired) electrons. The van der Waals surface area contributed by atoms with Crippen molar-refractivity contribution in [2.45, 2.75) is 37.1 Å².